The third kappa shape index (κ3) is 4.46. The molecule has 5 nitrogen and oxygen atoms in total. The lowest BCUT2D eigenvalue weighted by Gasteiger charge is -2.25. The maximum atomic E-state index is 13.1. The lowest BCUT2D eigenvalue weighted by atomic mass is 10.0. The largest absolute Gasteiger partial charge is 0.464 e. The molecule has 3 unspecified atom stereocenters. The van der Waals surface area contributed by atoms with E-state index in [-0.39, 0.29) is 30.3 Å². The summed E-state index contributed by atoms with van der Waals surface area (Å²) in [6.07, 6.45) is 3.52. The highest BCUT2D eigenvalue weighted by atomic mass is 16.3. The molecule has 5 heteroatoms. The van der Waals surface area contributed by atoms with E-state index in [1.54, 1.807) is 0 Å². The lowest BCUT2D eigenvalue weighted by molar-refractivity contribution is -0.133. The van der Waals surface area contributed by atoms with Crippen molar-refractivity contribution in [3.8, 4) is 0 Å². The van der Waals surface area contributed by atoms with Crippen molar-refractivity contribution in [1.29, 1.82) is 0 Å². The number of carbonyl (C=O) groups excluding carboxylic acids is 2. The third-order valence-electron chi connectivity index (χ3n) is 5.75. The number of nitrogens with one attached hydrogen (secondary N) is 1. The number of carbonyl (C=O) groups is 2. The summed E-state index contributed by atoms with van der Waals surface area (Å²) in [5.41, 5.74) is 0.949. The summed E-state index contributed by atoms with van der Waals surface area (Å²) in [4.78, 5) is 26.7. The van der Waals surface area contributed by atoms with Crippen LogP contribution in [0.3, 0.4) is 0 Å². The molecule has 2 saturated carbocycles. The minimum atomic E-state index is -0.313. The number of furan rings is 1. The van der Waals surface area contributed by atoms with Crippen LogP contribution in [0.1, 0.15) is 68.6 Å². The van der Waals surface area contributed by atoms with Crippen LogP contribution in [0.2, 0.25) is 0 Å². The first-order valence-corrected chi connectivity index (χ1v) is 10.2. The van der Waals surface area contributed by atoms with Crippen molar-refractivity contribution in [3.63, 3.8) is 0 Å². The van der Waals surface area contributed by atoms with E-state index >= 15 is 0 Å². The number of amides is 2. The zero-order chi connectivity index (χ0) is 19.7. The molecule has 1 aromatic carbocycles. The highest BCUT2D eigenvalue weighted by Crippen LogP contribution is 2.47. The zero-order valence-electron chi connectivity index (χ0n) is 16.6. The Morgan fingerprint density at radius 1 is 1.18 bits per heavy atom. The molecule has 1 heterocycles. The van der Waals surface area contributed by atoms with Crippen LogP contribution in [0.4, 0.5) is 0 Å². The van der Waals surface area contributed by atoms with Crippen molar-refractivity contribution in [1.82, 2.24) is 10.2 Å². The summed E-state index contributed by atoms with van der Waals surface area (Å²) < 4.78 is 6.03. The van der Waals surface area contributed by atoms with Gasteiger partial charge in [-0.1, -0.05) is 37.3 Å². The van der Waals surface area contributed by atoms with E-state index in [4.69, 9.17) is 4.42 Å². The molecule has 1 N–H and O–H groups in total. The topological polar surface area (TPSA) is 62.6 Å². The van der Waals surface area contributed by atoms with Gasteiger partial charge in [0.25, 0.3) is 0 Å². The van der Waals surface area contributed by atoms with Crippen LogP contribution >= 0.6 is 0 Å². The normalized spacial score (nSPS) is 21.8. The standard InChI is InChI=1S/C23H28N2O3/c1-15-12-20(15)22-11-10-19(28-22)14-25(18-8-9-18)23(27)13-21(24-16(2)26)17-6-4-3-5-7-17/h3-7,10-11,15,18,20-21H,8-9,12-14H2,1-2H3,(H,24,26). The molecule has 0 aliphatic heterocycles. The number of hydrogen-bond donors (Lipinski definition) is 1. The van der Waals surface area contributed by atoms with E-state index < -0.39 is 0 Å². The van der Waals surface area contributed by atoms with Crippen LogP contribution in [-0.4, -0.2) is 22.8 Å². The number of rotatable bonds is 8. The van der Waals surface area contributed by atoms with Gasteiger partial charge in [0.15, 0.2) is 0 Å². The van der Waals surface area contributed by atoms with Gasteiger partial charge < -0.3 is 14.6 Å². The molecular weight excluding hydrogens is 352 g/mol. The molecule has 2 amide bonds. The predicted octanol–water partition coefficient (Wildman–Crippen LogP) is 4.16. The molecule has 2 fully saturated rings. The molecule has 0 saturated heterocycles. The summed E-state index contributed by atoms with van der Waals surface area (Å²) in [5.74, 6) is 3.07. The Hall–Kier alpha value is -2.56. The first-order chi connectivity index (χ1) is 13.5. The van der Waals surface area contributed by atoms with Gasteiger partial charge in [0.1, 0.15) is 11.5 Å². The van der Waals surface area contributed by atoms with Gasteiger partial charge in [0.2, 0.25) is 11.8 Å². The van der Waals surface area contributed by atoms with Crippen LogP contribution in [0.5, 0.6) is 0 Å². The fourth-order valence-corrected chi connectivity index (χ4v) is 3.85. The van der Waals surface area contributed by atoms with E-state index in [1.807, 2.05) is 41.3 Å². The van der Waals surface area contributed by atoms with Crippen molar-refractivity contribution in [2.75, 3.05) is 0 Å². The van der Waals surface area contributed by atoms with Crippen molar-refractivity contribution < 1.29 is 14.0 Å². The molecule has 1 aromatic heterocycles. The Bertz CT molecular complexity index is 841. The molecule has 0 radical (unpaired) electrons. The van der Waals surface area contributed by atoms with Gasteiger partial charge in [-0.05, 0) is 42.9 Å². The van der Waals surface area contributed by atoms with Gasteiger partial charge >= 0.3 is 0 Å². The van der Waals surface area contributed by atoms with Gasteiger partial charge in [-0.3, -0.25) is 9.59 Å². The SMILES string of the molecule is CC(=O)NC(CC(=O)N(Cc1ccc(C2CC2C)o1)C1CC1)c1ccccc1. The molecule has 0 spiro atoms. The molecule has 4 rings (SSSR count). The average molecular weight is 380 g/mol. The van der Waals surface area contributed by atoms with Crippen molar-refractivity contribution >= 4 is 11.8 Å². The summed E-state index contributed by atoms with van der Waals surface area (Å²) in [6.45, 7) is 4.23. The van der Waals surface area contributed by atoms with E-state index in [2.05, 4.69) is 18.3 Å². The molecule has 2 aliphatic rings. The van der Waals surface area contributed by atoms with Gasteiger partial charge in [0, 0.05) is 18.9 Å². The van der Waals surface area contributed by atoms with Crippen molar-refractivity contribution in [3.05, 3.63) is 59.5 Å². The van der Waals surface area contributed by atoms with Crippen LogP contribution in [0.15, 0.2) is 46.9 Å². The molecule has 28 heavy (non-hydrogen) atoms. The Kier molecular flexibility index (Phi) is 5.25. The second-order valence-electron chi connectivity index (χ2n) is 8.24. The Balaban J connectivity index is 1.45. The van der Waals surface area contributed by atoms with Crippen molar-refractivity contribution in [2.45, 2.75) is 64.1 Å². The molecule has 3 atom stereocenters. The van der Waals surface area contributed by atoms with E-state index in [1.165, 1.54) is 13.3 Å². The van der Waals surface area contributed by atoms with Crippen LogP contribution in [0, 0.1) is 5.92 Å². The number of nitrogens with zero attached hydrogens (tertiary/aromatic N) is 1. The average Bonchev–Trinajstić information content (AvgIpc) is 3.59. The minimum Gasteiger partial charge on any atom is -0.464 e. The molecule has 0 bridgehead atoms. The molecule has 2 aliphatic carbocycles. The van der Waals surface area contributed by atoms with Crippen LogP contribution in [-0.2, 0) is 16.1 Å². The third-order valence-corrected chi connectivity index (χ3v) is 5.75. The summed E-state index contributed by atoms with van der Waals surface area (Å²) >= 11 is 0. The minimum absolute atomic E-state index is 0.0582. The first-order valence-electron chi connectivity index (χ1n) is 10.2. The highest BCUT2D eigenvalue weighted by molar-refractivity contribution is 5.79. The van der Waals surface area contributed by atoms with E-state index in [0.29, 0.717) is 18.4 Å². The highest BCUT2D eigenvalue weighted by Gasteiger charge is 2.38. The summed E-state index contributed by atoms with van der Waals surface area (Å²) in [6, 6.07) is 13.7. The smallest absolute Gasteiger partial charge is 0.225 e. The van der Waals surface area contributed by atoms with Gasteiger partial charge in [-0.2, -0.15) is 0 Å². The number of benzene rings is 1. The summed E-state index contributed by atoms with van der Waals surface area (Å²) in [7, 11) is 0. The van der Waals surface area contributed by atoms with Gasteiger partial charge in [0.05, 0.1) is 19.0 Å². The molecular formula is C23H28N2O3. The first kappa shape index (κ1) is 18.8. The van der Waals surface area contributed by atoms with E-state index in [9.17, 15) is 9.59 Å². The second-order valence-corrected chi connectivity index (χ2v) is 8.24. The van der Waals surface area contributed by atoms with Crippen molar-refractivity contribution in [2.24, 2.45) is 5.92 Å². The zero-order valence-corrected chi connectivity index (χ0v) is 16.6. The maximum absolute atomic E-state index is 13.1. The second kappa shape index (κ2) is 7.82. The van der Waals surface area contributed by atoms with Gasteiger partial charge in [-0.15, -0.1) is 0 Å². The molecule has 148 valence electrons. The summed E-state index contributed by atoms with van der Waals surface area (Å²) in [5, 5.41) is 2.93. The Morgan fingerprint density at radius 2 is 1.89 bits per heavy atom. The number of hydrogen-bond acceptors (Lipinski definition) is 3. The fourth-order valence-electron chi connectivity index (χ4n) is 3.85. The molecule has 2 aromatic rings. The fraction of sp³-hybridized carbons (Fsp3) is 0.478. The maximum Gasteiger partial charge on any atom is 0.225 e. The van der Waals surface area contributed by atoms with Gasteiger partial charge in [-0.25, -0.2) is 0 Å². The lowest BCUT2D eigenvalue weighted by Crippen LogP contribution is -2.36. The monoisotopic (exact) mass is 380 g/mol. The Morgan fingerprint density at radius 3 is 2.50 bits per heavy atom. The predicted molar refractivity (Wildman–Crippen MR) is 106 cm³/mol. The Labute approximate surface area is 166 Å². The quantitative estimate of drug-likeness (QED) is 0.748. The van der Waals surface area contributed by atoms with Crippen LogP contribution < -0.4 is 5.32 Å². The van der Waals surface area contributed by atoms with Crippen LogP contribution in [0.25, 0.3) is 0 Å². The van der Waals surface area contributed by atoms with E-state index in [0.717, 1.165) is 29.9 Å².